The second-order valence-corrected chi connectivity index (χ2v) is 7.70. The molecule has 0 saturated carbocycles. The predicted molar refractivity (Wildman–Crippen MR) is 120 cm³/mol. The summed E-state index contributed by atoms with van der Waals surface area (Å²) in [5.41, 5.74) is 3.55. The molecule has 0 aromatic heterocycles. The largest absolute Gasteiger partial charge is 0.349 e. The molecule has 29 heavy (non-hydrogen) atoms. The van der Waals surface area contributed by atoms with Gasteiger partial charge >= 0.3 is 0 Å². The average molecular weight is 405 g/mol. The lowest BCUT2D eigenvalue weighted by atomic mass is 10.1. The third-order valence-corrected chi connectivity index (χ3v) is 5.43. The SMILES string of the molecule is C[C@H](NC(=O)CSCc1ccc(C(=O)Nc2ccccc2)cc1)c1ccccc1. The van der Waals surface area contributed by atoms with Gasteiger partial charge in [0, 0.05) is 17.0 Å². The van der Waals surface area contributed by atoms with Crippen molar-refractivity contribution >= 4 is 29.3 Å². The molecule has 0 unspecified atom stereocenters. The third-order valence-electron chi connectivity index (χ3n) is 4.43. The Bertz CT molecular complexity index is 928. The fourth-order valence-electron chi connectivity index (χ4n) is 2.85. The van der Waals surface area contributed by atoms with Gasteiger partial charge in [-0.25, -0.2) is 0 Å². The van der Waals surface area contributed by atoms with Crippen LogP contribution in [0.5, 0.6) is 0 Å². The van der Waals surface area contributed by atoms with E-state index in [0.29, 0.717) is 17.1 Å². The second-order valence-electron chi connectivity index (χ2n) is 6.71. The Kier molecular flexibility index (Phi) is 7.47. The zero-order valence-electron chi connectivity index (χ0n) is 16.3. The number of carbonyl (C=O) groups is 2. The van der Waals surface area contributed by atoms with Crippen molar-refractivity contribution in [2.75, 3.05) is 11.1 Å². The summed E-state index contributed by atoms with van der Waals surface area (Å²) in [6, 6.07) is 26.8. The number of thioether (sulfide) groups is 1. The number of carbonyl (C=O) groups excluding carboxylic acids is 2. The summed E-state index contributed by atoms with van der Waals surface area (Å²) >= 11 is 1.56. The highest BCUT2D eigenvalue weighted by Crippen LogP contribution is 2.16. The summed E-state index contributed by atoms with van der Waals surface area (Å²) in [6.07, 6.45) is 0. The van der Waals surface area contributed by atoms with Crippen molar-refractivity contribution < 1.29 is 9.59 Å². The molecule has 2 N–H and O–H groups in total. The van der Waals surface area contributed by atoms with Crippen molar-refractivity contribution in [2.24, 2.45) is 0 Å². The Morgan fingerprint density at radius 2 is 1.48 bits per heavy atom. The molecule has 0 radical (unpaired) electrons. The van der Waals surface area contributed by atoms with Gasteiger partial charge in [0.15, 0.2) is 0 Å². The average Bonchev–Trinajstić information content (AvgIpc) is 2.75. The first-order valence-electron chi connectivity index (χ1n) is 9.49. The van der Waals surface area contributed by atoms with Crippen molar-refractivity contribution in [3.8, 4) is 0 Å². The lowest BCUT2D eigenvalue weighted by molar-refractivity contribution is -0.119. The van der Waals surface area contributed by atoms with Gasteiger partial charge < -0.3 is 10.6 Å². The first kappa shape index (κ1) is 20.7. The Morgan fingerprint density at radius 3 is 2.14 bits per heavy atom. The predicted octanol–water partition coefficient (Wildman–Crippen LogP) is 5.05. The van der Waals surface area contributed by atoms with Crippen molar-refractivity contribution in [3.63, 3.8) is 0 Å². The fourth-order valence-corrected chi connectivity index (χ4v) is 3.65. The molecule has 0 aliphatic carbocycles. The van der Waals surface area contributed by atoms with Gasteiger partial charge in [0.25, 0.3) is 5.91 Å². The van der Waals surface area contributed by atoms with E-state index in [4.69, 9.17) is 0 Å². The van der Waals surface area contributed by atoms with Gasteiger partial charge in [-0.1, -0.05) is 60.7 Å². The van der Waals surface area contributed by atoms with Crippen molar-refractivity contribution in [1.82, 2.24) is 5.32 Å². The molecule has 3 rings (SSSR count). The molecule has 0 fully saturated rings. The van der Waals surface area contributed by atoms with E-state index < -0.39 is 0 Å². The number of amides is 2. The van der Waals surface area contributed by atoms with E-state index in [0.717, 1.165) is 16.8 Å². The number of rotatable bonds is 8. The minimum Gasteiger partial charge on any atom is -0.349 e. The topological polar surface area (TPSA) is 58.2 Å². The number of nitrogens with one attached hydrogen (secondary N) is 2. The van der Waals surface area contributed by atoms with E-state index in [1.54, 1.807) is 11.8 Å². The highest BCUT2D eigenvalue weighted by Gasteiger charge is 2.10. The lowest BCUT2D eigenvalue weighted by Crippen LogP contribution is -2.28. The van der Waals surface area contributed by atoms with E-state index in [1.807, 2.05) is 91.9 Å². The standard InChI is InChI=1S/C24H24N2O2S/c1-18(20-8-4-2-5-9-20)25-23(27)17-29-16-19-12-14-21(15-13-19)24(28)26-22-10-6-3-7-11-22/h2-15,18H,16-17H2,1H3,(H,25,27)(H,26,28)/t18-/m0/s1. The molecule has 1 atom stereocenters. The number of benzene rings is 3. The zero-order valence-corrected chi connectivity index (χ0v) is 17.1. The van der Waals surface area contributed by atoms with Crippen LogP contribution in [0.15, 0.2) is 84.9 Å². The van der Waals surface area contributed by atoms with Gasteiger partial charge in [0.2, 0.25) is 5.91 Å². The van der Waals surface area contributed by atoms with Gasteiger partial charge in [-0.3, -0.25) is 9.59 Å². The van der Waals surface area contributed by atoms with Gasteiger partial charge in [0.1, 0.15) is 0 Å². The summed E-state index contributed by atoms with van der Waals surface area (Å²) in [4.78, 5) is 24.4. The van der Waals surface area contributed by atoms with Crippen LogP contribution < -0.4 is 10.6 Å². The molecular weight excluding hydrogens is 380 g/mol. The van der Waals surface area contributed by atoms with Gasteiger partial charge in [-0.15, -0.1) is 11.8 Å². The molecule has 0 heterocycles. The van der Waals surface area contributed by atoms with Gasteiger partial charge in [-0.2, -0.15) is 0 Å². The van der Waals surface area contributed by atoms with Crippen LogP contribution in [0.4, 0.5) is 5.69 Å². The van der Waals surface area contributed by atoms with E-state index in [9.17, 15) is 9.59 Å². The highest BCUT2D eigenvalue weighted by atomic mass is 32.2. The molecule has 0 saturated heterocycles. The smallest absolute Gasteiger partial charge is 0.255 e. The summed E-state index contributed by atoms with van der Waals surface area (Å²) in [7, 11) is 0. The van der Waals surface area contributed by atoms with E-state index in [2.05, 4.69) is 10.6 Å². The molecule has 0 aliphatic heterocycles. The van der Waals surface area contributed by atoms with E-state index in [-0.39, 0.29) is 17.9 Å². The molecule has 0 spiro atoms. The van der Waals surface area contributed by atoms with Gasteiger partial charge in [0.05, 0.1) is 11.8 Å². The summed E-state index contributed by atoms with van der Waals surface area (Å²) < 4.78 is 0. The van der Waals surface area contributed by atoms with E-state index in [1.165, 1.54) is 0 Å². The van der Waals surface area contributed by atoms with Crippen LogP contribution >= 0.6 is 11.8 Å². The summed E-state index contributed by atoms with van der Waals surface area (Å²) in [6.45, 7) is 1.98. The molecule has 3 aromatic carbocycles. The maximum absolute atomic E-state index is 12.3. The quantitative estimate of drug-likeness (QED) is 0.552. The molecule has 3 aromatic rings. The van der Waals surface area contributed by atoms with E-state index >= 15 is 0 Å². The zero-order chi connectivity index (χ0) is 20.5. The van der Waals surface area contributed by atoms with Crippen LogP contribution in [0.3, 0.4) is 0 Å². The number of anilines is 1. The first-order valence-corrected chi connectivity index (χ1v) is 10.6. The van der Waals surface area contributed by atoms with Crippen molar-refractivity contribution in [3.05, 3.63) is 102 Å². The molecule has 0 bridgehead atoms. The van der Waals surface area contributed by atoms with Crippen LogP contribution in [0.25, 0.3) is 0 Å². The minimum absolute atomic E-state index is 0.00768. The second kappa shape index (κ2) is 10.5. The van der Waals surface area contributed by atoms with Crippen molar-refractivity contribution in [2.45, 2.75) is 18.7 Å². The minimum atomic E-state index is -0.135. The van der Waals surface area contributed by atoms with Gasteiger partial charge in [-0.05, 0) is 42.3 Å². The molecule has 5 heteroatoms. The maximum Gasteiger partial charge on any atom is 0.255 e. The summed E-state index contributed by atoms with van der Waals surface area (Å²) in [5.74, 6) is 0.996. The van der Waals surface area contributed by atoms with Crippen LogP contribution in [0.1, 0.15) is 34.5 Å². The molecule has 4 nitrogen and oxygen atoms in total. The highest BCUT2D eigenvalue weighted by molar-refractivity contribution is 7.99. The number of hydrogen-bond donors (Lipinski definition) is 2. The van der Waals surface area contributed by atoms with Crippen molar-refractivity contribution in [1.29, 1.82) is 0 Å². The molecule has 2 amide bonds. The fraction of sp³-hybridized carbons (Fsp3) is 0.167. The number of hydrogen-bond acceptors (Lipinski definition) is 3. The normalized spacial score (nSPS) is 11.5. The molecule has 148 valence electrons. The molecular formula is C24H24N2O2S. The molecule has 0 aliphatic rings. The Balaban J connectivity index is 1.43. The Hall–Kier alpha value is -3.05. The number of para-hydroxylation sites is 1. The third kappa shape index (κ3) is 6.50. The Labute approximate surface area is 175 Å². The van der Waals surface area contributed by atoms with Crippen LogP contribution in [0.2, 0.25) is 0 Å². The van der Waals surface area contributed by atoms with Crippen LogP contribution in [-0.2, 0) is 10.5 Å². The monoisotopic (exact) mass is 404 g/mol. The van der Waals surface area contributed by atoms with Crippen LogP contribution in [-0.4, -0.2) is 17.6 Å². The maximum atomic E-state index is 12.3. The summed E-state index contributed by atoms with van der Waals surface area (Å²) in [5, 5.41) is 5.89. The lowest BCUT2D eigenvalue weighted by Gasteiger charge is -2.14. The Morgan fingerprint density at radius 1 is 0.862 bits per heavy atom. The van der Waals surface area contributed by atoms with Crippen LogP contribution in [0, 0.1) is 0 Å². The first-order chi connectivity index (χ1) is 14.1.